The normalized spacial score (nSPS) is 15.7. The van der Waals surface area contributed by atoms with Crippen molar-refractivity contribution in [3.05, 3.63) is 65.0 Å². The third-order valence-corrected chi connectivity index (χ3v) is 4.93. The fourth-order valence-corrected chi connectivity index (χ4v) is 3.27. The van der Waals surface area contributed by atoms with E-state index in [1.807, 2.05) is 6.92 Å². The van der Waals surface area contributed by atoms with E-state index in [4.69, 9.17) is 0 Å². The molecule has 2 aromatic rings. The molecule has 1 atom stereocenters. The number of halogens is 1. The van der Waals surface area contributed by atoms with Gasteiger partial charge >= 0.3 is 0 Å². The molecule has 3 N–H and O–H groups in total. The zero-order chi connectivity index (χ0) is 20.8. The zero-order valence-corrected chi connectivity index (χ0v) is 16.3. The number of carbonyl (C=O) groups excluding carboxylic acids is 3. The average molecular weight is 397 g/mol. The minimum Gasteiger partial charge on any atom is -0.353 e. The minimum absolute atomic E-state index is 0.0342. The average Bonchev–Trinajstić information content (AvgIpc) is 3.09. The summed E-state index contributed by atoms with van der Waals surface area (Å²) >= 11 is 0. The van der Waals surface area contributed by atoms with E-state index >= 15 is 0 Å². The molecular weight excluding hydrogens is 373 g/mol. The van der Waals surface area contributed by atoms with Crippen LogP contribution in [0.25, 0.3) is 0 Å². The summed E-state index contributed by atoms with van der Waals surface area (Å²) in [5.41, 5.74) is 2.34. The maximum atomic E-state index is 13.6. The highest BCUT2D eigenvalue weighted by atomic mass is 19.1. The number of aryl methyl sites for hydroxylation is 1. The molecule has 1 aliphatic heterocycles. The van der Waals surface area contributed by atoms with Gasteiger partial charge < -0.3 is 16.0 Å². The van der Waals surface area contributed by atoms with Crippen molar-refractivity contribution in [2.24, 2.45) is 0 Å². The predicted octanol–water partition coefficient (Wildman–Crippen LogP) is 2.71. The molecule has 0 bridgehead atoms. The molecular formula is C22H24FN3O3. The SMILES string of the molecule is Cc1ccc(C(=O)NCCc2ccccc2F)cc1NC(=O)C[C@H]1CCC(=O)N1. The van der Waals surface area contributed by atoms with Crippen LogP contribution in [-0.4, -0.2) is 30.3 Å². The summed E-state index contributed by atoms with van der Waals surface area (Å²) in [7, 11) is 0. The Hall–Kier alpha value is -3.22. The summed E-state index contributed by atoms with van der Waals surface area (Å²) in [5.74, 6) is -0.828. The fourth-order valence-electron chi connectivity index (χ4n) is 3.27. The lowest BCUT2D eigenvalue weighted by Gasteiger charge is -2.13. The molecule has 152 valence electrons. The Morgan fingerprint density at radius 3 is 2.72 bits per heavy atom. The third-order valence-electron chi connectivity index (χ3n) is 4.93. The molecule has 1 aliphatic rings. The van der Waals surface area contributed by atoms with Gasteiger partial charge in [0, 0.05) is 36.7 Å². The van der Waals surface area contributed by atoms with Crippen molar-refractivity contribution in [1.29, 1.82) is 0 Å². The van der Waals surface area contributed by atoms with Crippen molar-refractivity contribution in [2.75, 3.05) is 11.9 Å². The minimum atomic E-state index is -0.292. The van der Waals surface area contributed by atoms with Gasteiger partial charge in [-0.3, -0.25) is 14.4 Å². The quantitative estimate of drug-likeness (QED) is 0.671. The molecule has 6 nitrogen and oxygen atoms in total. The van der Waals surface area contributed by atoms with Crippen molar-refractivity contribution in [3.8, 4) is 0 Å². The maximum absolute atomic E-state index is 13.6. The van der Waals surface area contributed by atoms with E-state index in [9.17, 15) is 18.8 Å². The van der Waals surface area contributed by atoms with Crippen LogP contribution in [0.3, 0.4) is 0 Å². The van der Waals surface area contributed by atoms with Gasteiger partial charge in [-0.2, -0.15) is 0 Å². The number of carbonyl (C=O) groups is 3. The molecule has 1 saturated heterocycles. The number of hydrogen-bond donors (Lipinski definition) is 3. The summed E-state index contributed by atoms with van der Waals surface area (Å²) in [6.45, 7) is 2.14. The predicted molar refractivity (Wildman–Crippen MR) is 108 cm³/mol. The monoisotopic (exact) mass is 397 g/mol. The molecule has 2 aromatic carbocycles. The molecule has 3 amide bonds. The summed E-state index contributed by atoms with van der Waals surface area (Å²) in [6, 6.07) is 11.4. The Kier molecular flexibility index (Phi) is 6.59. The second-order valence-corrected chi connectivity index (χ2v) is 7.18. The van der Waals surface area contributed by atoms with Gasteiger partial charge in [-0.25, -0.2) is 4.39 Å². The summed E-state index contributed by atoms with van der Waals surface area (Å²) in [6.07, 6.45) is 1.68. The number of rotatable bonds is 7. The first kappa shape index (κ1) is 20.5. The molecule has 1 heterocycles. The summed E-state index contributed by atoms with van der Waals surface area (Å²) < 4.78 is 13.6. The molecule has 0 aromatic heterocycles. The highest BCUT2D eigenvalue weighted by Crippen LogP contribution is 2.19. The second kappa shape index (κ2) is 9.32. The van der Waals surface area contributed by atoms with Crippen LogP contribution in [0.1, 0.15) is 40.7 Å². The van der Waals surface area contributed by atoms with Gasteiger partial charge in [-0.1, -0.05) is 24.3 Å². The lowest BCUT2D eigenvalue weighted by Crippen LogP contribution is -2.30. The van der Waals surface area contributed by atoms with Gasteiger partial charge in [0.05, 0.1) is 0 Å². The van der Waals surface area contributed by atoms with E-state index < -0.39 is 0 Å². The Morgan fingerprint density at radius 1 is 1.21 bits per heavy atom. The standard InChI is InChI=1S/C22H24FN3O3/c1-14-6-7-16(22(29)24-11-10-15-4-2-3-5-18(15)23)12-19(14)26-21(28)13-17-8-9-20(27)25-17/h2-7,12,17H,8-11,13H2,1H3,(H,24,29)(H,25,27)(H,26,28)/t17-/m1/s1. The van der Waals surface area contributed by atoms with Crippen molar-refractivity contribution < 1.29 is 18.8 Å². The molecule has 0 spiro atoms. The van der Waals surface area contributed by atoms with Crippen LogP contribution in [0.5, 0.6) is 0 Å². The van der Waals surface area contributed by atoms with Crippen LogP contribution in [0.2, 0.25) is 0 Å². The van der Waals surface area contributed by atoms with E-state index in [1.54, 1.807) is 36.4 Å². The van der Waals surface area contributed by atoms with Crippen molar-refractivity contribution in [3.63, 3.8) is 0 Å². The highest BCUT2D eigenvalue weighted by Gasteiger charge is 2.23. The molecule has 3 rings (SSSR count). The van der Waals surface area contributed by atoms with E-state index in [0.29, 0.717) is 42.6 Å². The van der Waals surface area contributed by atoms with Gasteiger partial charge in [0.2, 0.25) is 11.8 Å². The van der Waals surface area contributed by atoms with Crippen LogP contribution >= 0.6 is 0 Å². The highest BCUT2D eigenvalue weighted by molar-refractivity contribution is 5.98. The lowest BCUT2D eigenvalue weighted by atomic mass is 10.1. The van der Waals surface area contributed by atoms with Crippen molar-refractivity contribution in [1.82, 2.24) is 10.6 Å². The molecule has 7 heteroatoms. The van der Waals surface area contributed by atoms with Gasteiger partial charge in [0.25, 0.3) is 5.91 Å². The number of nitrogens with one attached hydrogen (secondary N) is 3. The van der Waals surface area contributed by atoms with Crippen LogP contribution in [0, 0.1) is 12.7 Å². The van der Waals surface area contributed by atoms with Crippen molar-refractivity contribution in [2.45, 2.75) is 38.6 Å². The van der Waals surface area contributed by atoms with E-state index in [2.05, 4.69) is 16.0 Å². The third kappa shape index (κ3) is 5.63. The van der Waals surface area contributed by atoms with Crippen LogP contribution in [0.4, 0.5) is 10.1 Å². The van der Waals surface area contributed by atoms with E-state index in [-0.39, 0.29) is 36.0 Å². The van der Waals surface area contributed by atoms with Crippen LogP contribution in [0.15, 0.2) is 42.5 Å². The lowest BCUT2D eigenvalue weighted by molar-refractivity contribution is -0.119. The van der Waals surface area contributed by atoms with Gasteiger partial charge in [0.1, 0.15) is 5.82 Å². The second-order valence-electron chi connectivity index (χ2n) is 7.18. The molecule has 0 saturated carbocycles. The maximum Gasteiger partial charge on any atom is 0.251 e. The number of benzene rings is 2. The molecule has 0 radical (unpaired) electrons. The van der Waals surface area contributed by atoms with Gasteiger partial charge in [-0.05, 0) is 49.1 Å². The van der Waals surface area contributed by atoms with Crippen LogP contribution < -0.4 is 16.0 Å². The smallest absolute Gasteiger partial charge is 0.251 e. The van der Waals surface area contributed by atoms with E-state index in [0.717, 1.165) is 5.56 Å². The molecule has 0 unspecified atom stereocenters. The first-order valence-electron chi connectivity index (χ1n) is 9.64. The largest absolute Gasteiger partial charge is 0.353 e. The number of hydrogen-bond acceptors (Lipinski definition) is 3. The molecule has 29 heavy (non-hydrogen) atoms. The first-order chi connectivity index (χ1) is 13.9. The Labute approximate surface area is 168 Å². The molecule has 0 aliphatic carbocycles. The van der Waals surface area contributed by atoms with Gasteiger partial charge in [-0.15, -0.1) is 0 Å². The Morgan fingerprint density at radius 2 is 2.00 bits per heavy atom. The Bertz CT molecular complexity index is 929. The zero-order valence-electron chi connectivity index (χ0n) is 16.3. The first-order valence-corrected chi connectivity index (χ1v) is 9.64. The summed E-state index contributed by atoms with van der Waals surface area (Å²) in [5, 5.41) is 8.35. The summed E-state index contributed by atoms with van der Waals surface area (Å²) in [4.78, 5) is 35.9. The van der Waals surface area contributed by atoms with Crippen molar-refractivity contribution >= 4 is 23.4 Å². The number of amides is 3. The topological polar surface area (TPSA) is 87.3 Å². The Balaban J connectivity index is 1.56. The number of anilines is 1. The van der Waals surface area contributed by atoms with E-state index in [1.165, 1.54) is 6.07 Å². The van der Waals surface area contributed by atoms with Crippen LogP contribution in [-0.2, 0) is 16.0 Å². The van der Waals surface area contributed by atoms with Gasteiger partial charge in [0.15, 0.2) is 0 Å². The fraction of sp³-hybridized carbons (Fsp3) is 0.318. The molecule has 1 fully saturated rings.